The van der Waals surface area contributed by atoms with E-state index in [-0.39, 0.29) is 5.91 Å². The molecule has 0 spiro atoms. The summed E-state index contributed by atoms with van der Waals surface area (Å²) in [5, 5.41) is 11.3. The highest BCUT2D eigenvalue weighted by atomic mass is 19.1. The second-order valence-electron chi connectivity index (χ2n) is 7.58. The zero-order valence-electron chi connectivity index (χ0n) is 18.4. The molecule has 4 rings (SSSR count). The topological polar surface area (TPSA) is 78.3 Å². The number of anilines is 1. The minimum absolute atomic E-state index is 0.324. The number of hydrogen-bond donors (Lipinski definition) is 1. The van der Waals surface area contributed by atoms with E-state index in [1.165, 1.54) is 12.1 Å². The van der Waals surface area contributed by atoms with Gasteiger partial charge in [-0.25, -0.2) is 4.39 Å². The molecular formula is C24H27FN4O3. The summed E-state index contributed by atoms with van der Waals surface area (Å²) >= 11 is 0. The lowest BCUT2D eigenvalue weighted by atomic mass is 10.1. The lowest BCUT2D eigenvalue weighted by molar-refractivity contribution is 0.102. The fraction of sp³-hybridized carbons (Fsp3) is 0.375. The van der Waals surface area contributed by atoms with Crippen LogP contribution in [0.2, 0.25) is 0 Å². The smallest absolute Gasteiger partial charge is 0.255 e. The number of benzene rings is 2. The van der Waals surface area contributed by atoms with Crippen molar-refractivity contribution in [2.75, 3.05) is 18.5 Å². The van der Waals surface area contributed by atoms with E-state index in [0.29, 0.717) is 47.4 Å². The van der Waals surface area contributed by atoms with E-state index >= 15 is 0 Å². The van der Waals surface area contributed by atoms with Crippen molar-refractivity contribution in [1.82, 2.24) is 14.8 Å². The number of hydrogen-bond acceptors (Lipinski definition) is 5. The highest BCUT2D eigenvalue weighted by Crippen LogP contribution is 2.30. The number of rotatable bonds is 7. The highest BCUT2D eigenvalue weighted by molar-refractivity contribution is 6.04. The molecule has 1 aromatic heterocycles. The number of carbonyl (C=O) groups is 1. The van der Waals surface area contributed by atoms with Crippen LogP contribution in [0.1, 0.15) is 49.3 Å². The first-order chi connectivity index (χ1) is 15.6. The normalized spacial score (nSPS) is 13.2. The van der Waals surface area contributed by atoms with Gasteiger partial charge >= 0.3 is 0 Å². The van der Waals surface area contributed by atoms with Gasteiger partial charge in [-0.1, -0.05) is 6.42 Å². The third-order valence-corrected chi connectivity index (χ3v) is 5.38. The molecule has 168 valence electrons. The van der Waals surface area contributed by atoms with Crippen LogP contribution in [-0.2, 0) is 13.0 Å². The zero-order chi connectivity index (χ0) is 22.5. The Bertz CT molecular complexity index is 1110. The lowest BCUT2D eigenvalue weighted by Gasteiger charge is -2.13. The molecule has 0 atom stereocenters. The summed E-state index contributed by atoms with van der Waals surface area (Å²) < 4.78 is 27.8. The van der Waals surface area contributed by atoms with E-state index in [1.54, 1.807) is 24.3 Å². The van der Waals surface area contributed by atoms with Gasteiger partial charge in [0.2, 0.25) is 0 Å². The number of ether oxygens (including phenoxy) is 2. The molecule has 2 heterocycles. The van der Waals surface area contributed by atoms with Crippen LogP contribution in [0.3, 0.4) is 0 Å². The molecule has 32 heavy (non-hydrogen) atoms. The maximum atomic E-state index is 14.7. The molecular weight excluding hydrogens is 411 g/mol. The summed E-state index contributed by atoms with van der Waals surface area (Å²) in [6.45, 7) is 5.47. The van der Waals surface area contributed by atoms with Crippen LogP contribution in [0.5, 0.6) is 11.5 Å². The van der Waals surface area contributed by atoms with Crippen LogP contribution in [0.15, 0.2) is 36.4 Å². The number of halogens is 1. The number of nitrogens with one attached hydrogen (secondary N) is 1. The fourth-order valence-corrected chi connectivity index (χ4v) is 3.85. The Morgan fingerprint density at radius 1 is 1.03 bits per heavy atom. The SMILES string of the molecule is CCOc1ccc(C(=O)Nc2ccc(F)c(-c3nnc4n3CCCCC4)c2)cc1OCC. The van der Waals surface area contributed by atoms with Crippen LogP contribution < -0.4 is 14.8 Å². The van der Waals surface area contributed by atoms with Gasteiger partial charge in [0.25, 0.3) is 5.91 Å². The molecule has 0 saturated carbocycles. The van der Waals surface area contributed by atoms with Crippen molar-refractivity contribution in [3.8, 4) is 22.9 Å². The molecule has 3 aromatic rings. The van der Waals surface area contributed by atoms with Gasteiger partial charge in [-0.15, -0.1) is 10.2 Å². The van der Waals surface area contributed by atoms with Crippen molar-refractivity contribution in [3.63, 3.8) is 0 Å². The molecule has 1 aliphatic heterocycles. The van der Waals surface area contributed by atoms with E-state index in [2.05, 4.69) is 15.5 Å². The summed E-state index contributed by atoms with van der Waals surface area (Å²) in [4.78, 5) is 12.9. The third kappa shape index (κ3) is 4.59. The molecule has 7 nitrogen and oxygen atoms in total. The maximum absolute atomic E-state index is 14.7. The average molecular weight is 439 g/mol. The Kier molecular flexibility index (Phi) is 6.68. The predicted octanol–water partition coefficient (Wildman–Crippen LogP) is 4.86. The Hall–Kier alpha value is -3.42. The summed E-state index contributed by atoms with van der Waals surface area (Å²) in [5.74, 6) is 1.74. The summed E-state index contributed by atoms with van der Waals surface area (Å²) in [5.41, 5.74) is 1.22. The minimum atomic E-state index is -0.401. The molecule has 0 saturated heterocycles. The van der Waals surface area contributed by atoms with Crippen LogP contribution in [-0.4, -0.2) is 33.9 Å². The molecule has 1 amide bonds. The van der Waals surface area contributed by atoms with Gasteiger partial charge in [-0.3, -0.25) is 4.79 Å². The summed E-state index contributed by atoms with van der Waals surface area (Å²) in [6.07, 6.45) is 4.02. The van der Waals surface area contributed by atoms with Crippen molar-refractivity contribution in [3.05, 3.63) is 53.6 Å². The zero-order valence-corrected chi connectivity index (χ0v) is 18.4. The van der Waals surface area contributed by atoms with Crippen LogP contribution in [0.4, 0.5) is 10.1 Å². The van der Waals surface area contributed by atoms with E-state index < -0.39 is 5.82 Å². The van der Waals surface area contributed by atoms with Gasteiger partial charge in [0.15, 0.2) is 17.3 Å². The minimum Gasteiger partial charge on any atom is -0.490 e. The van der Waals surface area contributed by atoms with Crippen LogP contribution >= 0.6 is 0 Å². The van der Waals surface area contributed by atoms with Crippen molar-refractivity contribution in [2.45, 2.75) is 46.1 Å². The van der Waals surface area contributed by atoms with Crippen molar-refractivity contribution >= 4 is 11.6 Å². The summed E-state index contributed by atoms with van der Waals surface area (Å²) in [7, 11) is 0. The molecule has 0 bridgehead atoms. The maximum Gasteiger partial charge on any atom is 0.255 e. The lowest BCUT2D eigenvalue weighted by Crippen LogP contribution is -2.13. The van der Waals surface area contributed by atoms with E-state index in [4.69, 9.17) is 9.47 Å². The van der Waals surface area contributed by atoms with E-state index in [9.17, 15) is 9.18 Å². The number of aromatic nitrogens is 3. The Labute approximate surface area is 186 Å². The standard InChI is InChI=1S/C24H27FN4O3/c1-3-31-20-12-9-16(14-21(20)32-4-2)24(30)26-17-10-11-19(25)18(15-17)23-28-27-22-8-6-5-7-13-29(22)23/h9-12,14-15H,3-8,13H2,1-2H3,(H,26,30). The molecule has 0 unspecified atom stereocenters. The molecule has 0 aliphatic carbocycles. The monoisotopic (exact) mass is 438 g/mol. The van der Waals surface area contributed by atoms with Gasteiger partial charge < -0.3 is 19.4 Å². The third-order valence-electron chi connectivity index (χ3n) is 5.38. The van der Waals surface area contributed by atoms with E-state index in [1.807, 2.05) is 18.4 Å². The van der Waals surface area contributed by atoms with Gasteiger partial charge in [-0.05, 0) is 63.1 Å². The second-order valence-corrected chi connectivity index (χ2v) is 7.58. The predicted molar refractivity (Wildman–Crippen MR) is 120 cm³/mol. The summed E-state index contributed by atoms with van der Waals surface area (Å²) in [6, 6.07) is 9.51. The van der Waals surface area contributed by atoms with Gasteiger partial charge in [0, 0.05) is 24.2 Å². The van der Waals surface area contributed by atoms with E-state index in [0.717, 1.165) is 38.1 Å². The van der Waals surface area contributed by atoms with Gasteiger partial charge in [0.05, 0.1) is 18.8 Å². The van der Waals surface area contributed by atoms with Gasteiger partial charge in [-0.2, -0.15) is 0 Å². The second kappa shape index (κ2) is 9.80. The highest BCUT2D eigenvalue weighted by Gasteiger charge is 2.20. The Balaban J connectivity index is 1.59. The molecule has 1 N–H and O–H groups in total. The molecule has 8 heteroatoms. The number of amides is 1. The first-order valence-electron chi connectivity index (χ1n) is 11.0. The van der Waals surface area contributed by atoms with Crippen LogP contribution in [0.25, 0.3) is 11.4 Å². The van der Waals surface area contributed by atoms with Crippen molar-refractivity contribution in [2.24, 2.45) is 0 Å². The number of aryl methyl sites for hydroxylation is 1. The Morgan fingerprint density at radius 2 is 1.84 bits per heavy atom. The number of carbonyl (C=O) groups excluding carboxylic acids is 1. The fourth-order valence-electron chi connectivity index (χ4n) is 3.85. The number of fused-ring (bicyclic) bond motifs is 1. The molecule has 0 fully saturated rings. The quantitative estimate of drug-likeness (QED) is 0.570. The van der Waals surface area contributed by atoms with Crippen LogP contribution in [0, 0.1) is 5.82 Å². The molecule has 1 aliphatic rings. The molecule has 0 radical (unpaired) electrons. The first kappa shape index (κ1) is 21.8. The van der Waals surface area contributed by atoms with Crippen molar-refractivity contribution < 1.29 is 18.7 Å². The molecule has 2 aromatic carbocycles. The van der Waals surface area contributed by atoms with Gasteiger partial charge in [0.1, 0.15) is 11.6 Å². The Morgan fingerprint density at radius 3 is 2.66 bits per heavy atom. The average Bonchev–Trinajstić information content (AvgIpc) is 3.04. The van der Waals surface area contributed by atoms with Crippen molar-refractivity contribution in [1.29, 1.82) is 0 Å². The number of nitrogens with zero attached hydrogens (tertiary/aromatic N) is 3. The largest absolute Gasteiger partial charge is 0.490 e. The first-order valence-corrected chi connectivity index (χ1v) is 11.0.